The lowest BCUT2D eigenvalue weighted by Crippen LogP contribution is -2.39. The molecule has 0 aliphatic carbocycles. The molecule has 1 unspecified atom stereocenters. The van der Waals surface area contributed by atoms with Gasteiger partial charge in [0.05, 0.1) is 24.3 Å². The van der Waals surface area contributed by atoms with E-state index >= 15 is 0 Å². The Balaban J connectivity index is 1.94. The van der Waals surface area contributed by atoms with Crippen LogP contribution in [0.2, 0.25) is 5.02 Å². The van der Waals surface area contributed by atoms with Gasteiger partial charge in [0.1, 0.15) is 5.75 Å². The van der Waals surface area contributed by atoms with E-state index in [1.165, 1.54) is 5.56 Å². The van der Waals surface area contributed by atoms with Gasteiger partial charge < -0.3 is 14.8 Å². The minimum absolute atomic E-state index is 0.247. The van der Waals surface area contributed by atoms with E-state index in [1.54, 1.807) is 0 Å². The van der Waals surface area contributed by atoms with E-state index in [1.807, 2.05) is 12.1 Å². The van der Waals surface area contributed by atoms with Crippen molar-refractivity contribution in [3.8, 4) is 5.75 Å². The fraction of sp³-hybridized carbons (Fsp3) is 0.571. The molecule has 100 valence electrons. The van der Waals surface area contributed by atoms with Crippen LogP contribution in [0.15, 0.2) is 18.2 Å². The third kappa shape index (κ3) is 3.87. The van der Waals surface area contributed by atoms with Gasteiger partial charge in [0.2, 0.25) is 0 Å². The van der Waals surface area contributed by atoms with Crippen molar-refractivity contribution >= 4 is 11.6 Å². The van der Waals surface area contributed by atoms with Crippen molar-refractivity contribution < 1.29 is 9.47 Å². The van der Waals surface area contributed by atoms with Gasteiger partial charge in [-0.15, -0.1) is 0 Å². The lowest BCUT2D eigenvalue weighted by atomic mass is 10.1. The molecule has 4 heteroatoms. The highest BCUT2D eigenvalue weighted by Crippen LogP contribution is 2.26. The molecule has 0 bridgehead atoms. The maximum absolute atomic E-state index is 6.20. The summed E-state index contributed by atoms with van der Waals surface area (Å²) in [5.41, 5.74) is 1.19. The molecule has 3 nitrogen and oxygen atoms in total. The number of morpholine rings is 1. The molecule has 1 aromatic carbocycles. The molecule has 0 amide bonds. The Kier molecular flexibility index (Phi) is 5.29. The van der Waals surface area contributed by atoms with Crippen molar-refractivity contribution in [2.45, 2.75) is 25.9 Å². The first-order valence-electron chi connectivity index (χ1n) is 6.53. The molecule has 1 aliphatic rings. The van der Waals surface area contributed by atoms with Gasteiger partial charge in [-0.1, -0.05) is 24.6 Å². The van der Waals surface area contributed by atoms with Gasteiger partial charge in [-0.25, -0.2) is 0 Å². The molecule has 1 saturated heterocycles. The predicted octanol–water partition coefficient (Wildman–Crippen LogP) is 2.66. The number of hydrogen-bond donors (Lipinski definition) is 1. The van der Waals surface area contributed by atoms with E-state index < -0.39 is 0 Å². The summed E-state index contributed by atoms with van der Waals surface area (Å²) >= 11 is 6.20. The highest BCUT2D eigenvalue weighted by atomic mass is 35.5. The number of hydrogen-bond acceptors (Lipinski definition) is 3. The van der Waals surface area contributed by atoms with Crippen LogP contribution in [-0.2, 0) is 11.2 Å². The zero-order chi connectivity index (χ0) is 12.8. The Morgan fingerprint density at radius 2 is 2.39 bits per heavy atom. The Labute approximate surface area is 113 Å². The quantitative estimate of drug-likeness (QED) is 0.892. The number of nitrogens with one attached hydrogen (secondary N) is 1. The maximum Gasteiger partial charge on any atom is 0.137 e. The minimum atomic E-state index is 0.247. The third-order valence-corrected chi connectivity index (χ3v) is 3.22. The van der Waals surface area contributed by atoms with E-state index in [0.29, 0.717) is 11.6 Å². The maximum atomic E-state index is 6.20. The van der Waals surface area contributed by atoms with Gasteiger partial charge >= 0.3 is 0 Å². The van der Waals surface area contributed by atoms with Gasteiger partial charge in [0.15, 0.2) is 0 Å². The fourth-order valence-corrected chi connectivity index (χ4v) is 2.27. The van der Waals surface area contributed by atoms with Crippen molar-refractivity contribution in [1.29, 1.82) is 0 Å². The molecule has 0 aromatic heterocycles. The van der Waals surface area contributed by atoms with Crippen LogP contribution < -0.4 is 10.1 Å². The molecule has 1 heterocycles. The van der Waals surface area contributed by atoms with Crippen LogP contribution in [0.25, 0.3) is 0 Å². The fourth-order valence-electron chi connectivity index (χ4n) is 2.01. The second-order valence-corrected chi connectivity index (χ2v) is 4.92. The first kappa shape index (κ1) is 13.7. The van der Waals surface area contributed by atoms with Crippen LogP contribution in [-0.4, -0.2) is 32.4 Å². The molecule has 1 atom stereocenters. The van der Waals surface area contributed by atoms with Gasteiger partial charge in [-0.3, -0.25) is 0 Å². The van der Waals surface area contributed by atoms with Crippen molar-refractivity contribution in [1.82, 2.24) is 5.32 Å². The molecule has 0 spiro atoms. The Hall–Kier alpha value is -0.770. The number of ether oxygens (including phenoxy) is 2. The van der Waals surface area contributed by atoms with Gasteiger partial charge in [-0.2, -0.15) is 0 Å². The zero-order valence-corrected chi connectivity index (χ0v) is 11.5. The first-order chi connectivity index (χ1) is 8.79. The number of benzene rings is 1. The van der Waals surface area contributed by atoms with Crippen molar-refractivity contribution in [2.75, 3.05) is 26.3 Å². The van der Waals surface area contributed by atoms with Crippen LogP contribution in [0, 0.1) is 0 Å². The summed E-state index contributed by atoms with van der Waals surface area (Å²) in [5, 5.41) is 4.01. The molecule has 2 rings (SSSR count). The Morgan fingerprint density at radius 3 is 3.06 bits per heavy atom. The van der Waals surface area contributed by atoms with E-state index in [-0.39, 0.29) is 6.10 Å². The minimum Gasteiger partial charge on any atom is -0.492 e. The largest absolute Gasteiger partial charge is 0.492 e. The monoisotopic (exact) mass is 269 g/mol. The standard InChI is InChI=1S/C14H20ClNO2/c1-2-6-18-14-4-3-11(9-13(14)15)8-12-10-16-5-7-17-12/h3-4,9,12,16H,2,5-8,10H2,1H3. The molecular formula is C14H20ClNO2. The Morgan fingerprint density at radius 1 is 1.50 bits per heavy atom. The third-order valence-electron chi connectivity index (χ3n) is 2.93. The Bertz CT molecular complexity index is 378. The number of halogens is 1. The molecule has 1 aliphatic heterocycles. The van der Waals surface area contributed by atoms with Crippen molar-refractivity contribution in [3.05, 3.63) is 28.8 Å². The van der Waals surface area contributed by atoms with Crippen LogP contribution in [0.3, 0.4) is 0 Å². The molecule has 1 N–H and O–H groups in total. The summed E-state index contributed by atoms with van der Waals surface area (Å²) in [6, 6.07) is 5.99. The summed E-state index contributed by atoms with van der Waals surface area (Å²) in [6.45, 7) is 5.42. The van der Waals surface area contributed by atoms with E-state index in [0.717, 1.165) is 38.3 Å². The summed E-state index contributed by atoms with van der Waals surface area (Å²) < 4.78 is 11.2. The van der Waals surface area contributed by atoms with Crippen molar-refractivity contribution in [2.24, 2.45) is 0 Å². The predicted molar refractivity (Wildman–Crippen MR) is 73.6 cm³/mol. The highest BCUT2D eigenvalue weighted by molar-refractivity contribution is 6.32. The molecule has 0 saturated carbocycles. The molecule has 1 fully saturated rings. The summed E-state index contributed by atoms with van der Waals surface area (Å²) in [4.78, 5) is 0. The average Bonchev–Trinajstić information content (AvgIpc) is 2.39. The van der Waals surface area contributed by atoms with Gasteiger partial charge in [-0.05, 0) is 30.5 Å². The summed E-state index contributed by atoms with van der Waals surface area (Å²) in [7, 11) is 0. The SMILES string of the molecule is CCCOc1ccc(CC2CNCCO2)cc1Cl. The molecule has 0 radical (unpaired) electrons. The molecule has 18 heavy (non-hydrogen) atoms. The van der Waals surface area contributed by atoms with Crippen LogP contribution >= 0.6 is 11.6 Å². The topological polar surface area (TPSA) is 30.5 Å². The second kappa shape index (κ2) is 6.98. The van der Waals surface area contributed by atoms with Crippen molar-refractivity contribution in [3.63, 3.8) is 0 Å². The zero-order valence-electron chi connectivity index (χ0n) is 10.7. The average molecular weight is 270 g/mol. The molecular weight excluding hydrogens is 250 g/mol. The first-order valence-corrected chi connectivity index (χ1v) is 6.91. The van der Waals surface area contributed by atoms with Crippen LogP contribution in [0.1, 0.15) is 18.9 Å². The van der Waals surface area contributed by atoms with Crippen LogP contribution in [0.4, 0.5) is 0 Å². The summed E-state index contributed by atoms with van der Waals surface area (Å²) in [6.07, 6.45) is 2.12. The van der Waals surface area contributed by atoms with Gasteiger partial charge in [0.25, 0.3) is 0 Å². The second-order valence-electron chi connectivity index (χ2n) is 4.51. The lowest BCUT2D eigenvalue weighted by molar-refractivity contribution is 0.0292. The number of rotatable bonds is 5. The highest BCUT2D eigenvalue weighted by Gasteiger charge is 2.14. The normalized spacial score (nSPS) is 19.8. The van der Waals surface area contributed by atoms with Crippen LogP contribution in [0.5, 0.6) is 5.75 Å². The van der Waals surface area contributed by atoms with Gasteiger partial charge in [0, 0.05) is 13.1 Å². The van der Waals surface area contributed by atoms with E-state index in [4.69, 9.17) is 21.1 Å². The lowest BCUT2D eigenvalue weighted by Gasteiger charge is -2.23. The summed E-state index contributed by atoms with van der Waals surface area (Å²) in [5.74, 6) is 0.768. The molecule has 1 aromatic rings. The van der Waals surface area contributed by atoms with E-state index in [2.05, 4.69) is 18.3 Å². The smallest absolute Gasteiger partial charge is 0.137 e. The van der Waals surface area contributed by atoms with E-state index in [9.17, 15) is 0 Å².